The Kier molecular flexibility index (Phi) is 5.96. The molecule has 0 unspecified atom stereocenters. The molecule has 1 heterocycles. The molecule has 5 rings (SSSR count). The van der Waals surface area contributed by atoms with Crippen molar-refractivity contribution in [2.75, 3.05) is 24.3 Å². The van der Waals surface area contributed by atoms with Crippen molar-refractivity contribution in [3.8, 4) is 0 Å². The van der Waals surface area contributed by atoms with Gasteiger partial charge in [-0.15, -0.1) is 0 Å². The molecule has 3 aromatic rings. The minimum Gasteiger partial charge on any atom is -0.362 e. The van der Waals surface area contributed by atoms with Gasteiger partial charge in [0.25, 0.3) is 0 Å². The van der Waals surface area contributed by atoms with E-state index in [1.165, 1.54) is 19.3 Å². The summed E-state index contributed by atoms with van der Waals surface area (Å²) in [5, 5.41) is 8.28. The predicted octanol–water partition coefficient (Wildman–Crippen LogP) is 5.34. The van der Waals surface area contributed by atoms with Crippen LogP contribution in [0.25, 0.3) is 10.9 Å². The smallest absolute Gasteiger partial charge is 0.225 e. The van der Waals surface area contributed by atoms with E-state index in [1.54, 1.807) is 6.07 Å². The molecule has 0 saturated heterocycles. The first-order valence-electron chi connectivity index (χ1n) is 11.3. The molecule has 2 aliphatic rings. The molecule has 7 heteroatoms. The normalized spacial score (nSPS) is 24.6. The van der Waals surface area contributed by atoms with Crippen molar-refractivity contribution in [1.29, 1.82) is 0 Å². The van der Waals surface area contributed by atoms with Gasteiger partial charge < -0.3 is 15.5 Å². The van der Waals surface area contributed by atoms with Gasteiger partial charge in [-0.1, -0.05) is 18.2 Å². The van der Waals surface area contributed by atoms with Gasteiger partial charge in [0.05, 0.1) is 5.52 Å². The van der Waals surface area contributed by atoms with Crippen molar-refractivity contribution >= 4 is 45.3 Å². The Labute approximate surface area is 202 Å². The van der Waals surface area contributed by atoms with E-state index in [2.05, 4.69) is 39.3 Å². The van der Waals surface area contributed by atoms with Gasteiger partial charge in [-0.3, -0.25) is 0 Å². The summed E-state index contributed by atoms with van der Waals surface area (Å²) in [5.41, 5.74) is 2.11. The Morgan fingerprint density at radius 1 is 1.12 bits per heavy atom. The van der Waals surface area contributed by atoms with Crippen LogP contribution in [0.5, 0.6) is 0 Å². The number of nitrogens with one attached hydrogen (secondary N) is 2. The van der Waals surface area contributed by atoms with Crippen LogP contribution < -0.4 is 15.5 Å². The molecule has 168 valence electrons. The van der Waals surface area contributed by atoms with Crippen LogP contribution in [-0.2, 0) is 6.54 Å². The Morgan fingerprint density at radius 2 is 1.91 bits per heavy atom. The molecule has 1 atom stereocenters. The molecule has 0 radical (unpaired) electrons. The molecule has 2 fully saturated rings. The summed E-state index contributed by atoms with van der Waals surface area (Å²) < 4.78 is 15.1. The number of aromatic nitrogens is 2. The van der Waals surface area contributed by atoms with Gasteiger partial charge in [-0.05, 0) is 84.4 Å². The monoisotopic (exact) mass is 545 g/mol. The van der Waals surface area contributed by atoms with Crippen molar-refractivity contribution in [3.63, 3.8) is 0 Å². The van der Waals surface area contributed by atoms with Gasteiger partial charge in [0.1, 0.15) is 11.6 Å². The highest BCUT2D eigenvalue weighted by atomic mass is 127. The standard InChI is InChI=1S/C25H29FIN5/c1-32(2)23-19-5-3-4-6-21(19)30-24(31-23)29-18-9-11-25(12-10-18)14-22(25)28-15-16-7-8-17(27)13-20(16)26/h3-8,13,18,22,28H,9-12,14-15H2,1-2H3,(H,29,30,31)/t18?,22-,25?/m1/s1. The van der Waals surface area contributed by atoms with Crippen molar-refractivity contribution < 1.29 is 4.39 Å². The van der Waals surface area contributed by atoms with Crippen molar-refractivity contribution in [2.24, 2.45) is 5.41 Å². The summed E-state index contributed by atoms with van der Waals surface area (Å²) in [5.74, 6) is 1.55. The fourth-order valence-electron chi connectivity index (χ4n) is 5.07. The maximum atomic E-state index is 14.1. The lowest BCUT2D eigenvalue weighted by Gasteiger charge is -2.30. The van der Waals surface area contributed by atoms with E-state index in [1.807, 2.05) is 49.3 Å². The Hall–Kier alpha value is -2.00. The minimum absolute atomic E-state index is 0.112. The fourth-order valence-corrected chi connectivity index (χ4v) is 5.53. The fraction of sp³-hybridized carbons (Fsp3) is 0.440. The first-order valence-corrected chi connectivity index (χ1v) is 12.4. The van der Waals surface area contributed by atoms with Crippen molar-refractivity contribution in [3.05, 3.63) is 57.4 Å². The molecule has 0 bridgehead atoms. The third-order valence-electron chi connectivity index (χ3n) is 7.07. The van der Waals surface area contributed by atoms with Crippen molar-refractivity contribution in [1.82, 2.24) is 15.3 Å². The van der Waals surface area contributed by atoms with Crippen LogP contribution in [0.1, 0.15) is 37.7 Å². The number of halogens is 2. The van der Waals surface area contributed by atoms with E-state index in [0.717, 1.165) is 38.7 Å². The summed E-state index contributed by atoms with van der Waals surface area (Å²) in [6, 6.07) is 14.5. The van der Waals surface area contributed by atoms with E-state index in [4.69, 9.17) is 9.97 Å². The molecule has 1 aromatic heterocycles. The highest BCUT2D eigenvalue weighted by molar-refractivity contribution is 14.1. The SMILES string of the molecule is CN(C)c1nc(NC2CCC3(CC2)C[C@H]3NCc2ccc(I)cc2F)nc2ccccc12. The zero-order valence-corrected chi connectivity index (χ0v) is 20.7. The van der Waals surface area contributed by atoms with Crippen LogP contribution in [0.2, 0.25) is 0 Å². The van der Waals surface area contributed by atoms with E-state index >= 15 is 0 Å². The third kappa shape index (κ3) is 4.41. The van der Waals surface area contributed by atoms with Gasteiger partial charge in [0.2, 0.25) is 5.95 Å². The second-order valence-corrected chi connectivity index (χ2v) is 10.7. The highest BCUT2D eigenvalue weighted by Gasteiger charge is 2.54. The average Bonchev–Trinajstić information content (AvgIpc) is 3.46. The van der Waals surface area contributed by atoms with Crippen molar-refractivity contribution in [2.45, 2.75) is 50.7 Å². The second-order valence-electron chi connectivity index (χ2n) is 9.44. The van der Waals surface area contributed by atoms with E-state index in [-0.39, 0.29) is 5.82 Å². The molecule has 0 amide bonds. The second kappa shape index (κ2) is 8.74. The minimum atomic E-state index is -0.112. The molecule has 32 heavy (non-hydrogen) atoms. The molecule has 0 aliphatic heterocycles. The number of anilines is 2. The van der Waals surface area contributed by atoms with Gasteiger partial charge in [0.15, 0.2) is 0 Å². The summed E-state index contributed by atoms with van der Waals surface area (Å²) in [4.78, 5) is 11.6. The number of hydrogen-bond donors (Lipinski definition) is 2. The van der Waals surface area contributed by atoms with Crippen LogP contribution in [0, 0.1) is 14.8 Å². The van der Waals surface area contributed by atoms with Gasteiger partial charge in [-0.25, -0.2) is 9.37 Å². The maximum absolute atomic E-state index is 14.1. The van der Waals surface area contributed by atoms with E-state index in [9.17, 15) is 4.39 Å². The average molecular weight is 545 g/mol. The Balaban J connectivity index is 1.18. The maximum Gasteiger partial charge on any atom is 0.225 e. The number of rotatable bonds is 6. The lowest BCUT2D eigenvalue weighted by Crippen LogP contribution is -2.32. The topological polar surface area (TPSA) is 53.1 Å². The van der Waals surface area contributed by atoms with Crippen LogP contribution in [0.15, 0.2) is 42.5 Å². The summed E-state index contributed by atoms with van der Waals surface area (Å²) >= 11 is 2.15. The van der Waals surface area contributed by atoms with Gasteiger partial charge >= 0.3 is 0 Å². The molecule has 2 aliphatic carbocycles. The number of benzene rings is 2. The van der Waals surface area contributed by atoms with E-state index < -0.39 is 0 Å². The first-order chi connectivity index (χ1) is 15.4. The molecular weight excluding hydrogens is 516 g/mol. The Bertz CT molecular complexity index is 1130. The third-order valence-corrected chi connectivity index (χ3v) is 7.74. The largest absolute Gasteiger partial charge is 0.362 e. The van der Waals surface area contributed by atoms with Crippen LogP contribution >= 0.6 is 22.6 Å². The predicted molar refractivity (Wildman–Crippen MR) is 137 cm³/mol. The van der Waals surface area contributed by atoms with Gasteiger partial charge in [0, 0.05) is 47.2 Å². The summed E-state index contributed by atoms with van der Waals surface area (Å²) in [6.45, 7) is 0.606. The number of hydrogen-bond acceptors (Lipinski definition) is 5. The molecule has 2 aromatic carbocycles. The summed E-state index contributed by atoms with van der Waals surface area (Å²) in [6.07, 6.45) is 5.80. The number of fused-ring (bicyclic) bond motifs is 1. The number of nitrogens with zero attached hydrogens (tertiary/aromatic N) is 3. The first kappa shape index (κ1) is 21.8. The number of para-hydroxylation sites is 1. The zero-order valence-electron chi connectivity index (χ0n) is 18.5. The molecular formula is C25H29FIN5. The molecule has 1 spiro atoms. The van der Waals surface area contributed by atoms with Crippen LogP contribution in [0.3, 0.4) is 0 Å². The molecule has 2 saturated carbocycles. The van der Waals surface area contributed by atoms with Gasteiger partial charge in [-0.2, -0.15) is 4.98 Å². The van der Waals surface area contributed by atoms with Crippen LogP contribution in [0.4, 0.5) is 16.2 Å². The van der Waals surface area contributed by atoms with E-state index in [0.29, 0.717) is 30.0 Å². The Morgan fingerprint density at radius 3 is 2.66 bits per heavy atom. The highest BCUT2D eigenvalue weighted by Crippen LogP contribution is 2.56. The van der Waals surface area contributed by atoms with Crippen LogP contribution in [-0.4, -0.2) is 36.1 Å². The quantitative estimate of drug-likeness (QED) is 0.410. The molecule has 5 nitrogen and oxygen atoms in total. The summed E-state index contributed by atoms with van der Waals surface area (Å²) in [7, 11) is 4.04. The zero-order chi connectivity index (χ0) is 22.3. The lowest BCUT2D eigenvalue weighted by atomic mass is 9.83. The molecule has 2 N–H and O–H groups in total. The lowest BCUT2D eigenvalue weighted by molar-refractivity contribution is 0.295.